The van der Waals surface area contributed by atoms with Gasteiger partial charge in [0.15, 0.2) is 5.82 Å². The van der Waals surface area contributed by atoms with Gasteiger partial charge in [0.2, 0.25) is 5.96 Å². The molecule has 29 heavy (non-hydrogen) atoms. The number of hydrogen-bond acceptors (Lipinski definition) is 4. The highest BCUT2D eigenvalue weighted by molar-refractivity contribution is 6.31. The van der Waals surface area contributed by atoms with Gasteiger partial charge in [0.05, 0.1) is 11.3 Å². The summed E-state index contributed by atoms with van der Waals surface area (Å²) < 4.78 is 0. The van der Waals surface area contributed by atoms with E-state index in [1.165, 1.54) is 0 Å². The minimum Gasteiger partial charge on any atom is -0.369 e. The minimum absolute atomic E-state index is 0. The molecule has 150 valence electrons. The fourth-order valence-electron chi connectivity index (χ4n) is 3.49. The van der Waals surface area contributed by atoms with Crippen molar-refractivity contribution in [3.05, 3.63) is 76.4 Å². The van der Waals surface area contributed by atoms with Crippen LogP contribution in [-0.4, -0.2) is 21.9 Å². The number of rotatable bonds is 4. The lowest BCUT2D eigenvalue weighted by molar-refractivity contribution is 0.677. The number of nitrogens with zero attached hydrogens (tertiary/aromatic N) is 2. The quantitative estimate of drug-likeness (QED) is 0.243. The second kappa shape index (κ2) is 8.98. The highest BCUT2D eigenvalue weighted by atomic mass is 35.5. The molecule has 2 aromatic carbocycles. The van der Waals surface area contributed by atoms with E-state index in [2.05, 4.69) is 26.0 Å². The van der Waals surface area contributed by atoms with Crippen LogP contribution >= 0.6 is 24.0 Å². The molecule has 0 saturated heterocycles. The summed E-state index contributed by atoms with van der Waals surface area (Å²) in [5.41, 5.74) is 12.7. The van der Waals surface area contributed by atoms with Crippen LogP contribution in [0.5, 0.6) is 0 Å². The largest absolute Gasteiger partial charge is 0.369 e. The molecule has 1 unspecified atom stereocenters. The van der Waals surface area contributed by atoms with Gasteiger partial charge in [-0.1, -0.05) is 48.0 Å². The number of aromatic amines is 1. The predicted molar refractivity (Wildman–Crippen MR) is 120 cm³/mol. The first-order chi connectivity index (χ1) is 13.6. The smallest absolute Gasteiger partial charge is 0.206 e. The van der Waals surface area contributed by atoms with E-state index in [1.54, 1.807) is 0 Å². The van der Waals surface area contributed by atoms with Crippen molar-refractivity contribution in [3.63, 3.8) is 0 Å². The summed E-state index contributed by atoms with van der Waals surface area (Å²) in [4.78, 5) is 0. The third kappa shape index (κ3) is 4.52. The van der Waals surface area contributed by atoms with E-state index in [4.69, 9.17) is 22.7 Å². The summed E-state index contributed by atoms with van der Waals surface area (Å²) in [5.74, 6) is 0.636. The third-order valence-electron chi connectivity index (χ3n) is 4.71. The fourth-order valence-corrected chi connectivity index (χ4v) is 3.78. The molecule has 0 spiro atoms. The Hall–Kier alpha value is -3.03. The molecule has 0 amide bonds. The normalized spacial score (nSPS) is 16.6. The molecule has 0 saturated carbocycles. The van der Waals surface area contributed by atoms with E-state index in [9.17, 15) is 0 Å². The summed E-state index contributed by atoms with van der Waals surface area (Å²) in [6, 6.07) is 17.7. The Morgan fingerprint density at radius 3 is 2.59 bits per heavy atom. The van der Waals surface area contributed by atoms with Gasteiger partial charge in [0, 0.05) is 16.4 Å². The molecular formula is C20H21Cl2N7. The highest BCUT2D eigenvalue weighted by Crippen LogP contribution is 2.38. The molecular weight excluding hydrogens is 409 g/mol. The van der Waals surface area contributed by atoms with E-state index in [0.29, 0.717) is 12.2 Å². The van der Waals surface area contributed by atoms with Crippen LogP contribution in [0.1, 0.15) is 29.2 Å². The van der Waals surface area contributed by atoms with Gasteiger partial charge in [-0.3, -0.25) is 10.5 Å². The number of nitrogens with two attached hydrogens (primary N) is 1. The van der Waals surface area contributed by atoms with Crippen LogP contribution in [0, 0.1) is 5.41 Å². The van der Waals surface area contributed by atoms with Crippen molar-refractivity contribution in [2.24, 2.45) is 10.8 Å². The number of fused-ring (bicyclic) bond motifs is 1. The highest BCUT2D eigenvalue weighted by Gasteiger charge is 2.30. The summed E-state index contributed by atoms with van der Waals surface area (Å²) in [6.45, 7) is 0. The molecule has 6 N–H and O–H groups in total. The van der Waals surface area contributed by atoms with Crippen LogP contribution in [0.4, 0.5) is 11.5 Å². The number of hydrazone groups is 1. The van der Waals surface area contributed by atoms with Gasteiger partial charge < -0.3 is 11.1 Å². The van der Waals surface area contributed by atoms with Gasteiger partial charge in [-0.2, -0.15) is 10.2 Å². The van der Waals surface area contributed by atoms with E-state index in [1.807, 2.05) is 54.6 Å². The number of nitrogens with one attached hydrogen (secondary N) is 4. The molecule has 0 radical (unpaired) electrons. The first kappa shape index (κ1) is 20.7. The van der Waals surface area contributed by atoms with Crippen LogP contribution in [0.25, 0.3) is 0 Å². The number of H-pyrrole nitrogens is 1. The van der Waals surface area contributed by atoms with Crippen LogP contribution in [0.2, 0.25) is 5.02 Å². The zero-order valence-corrected chi connectivity index (χ0v) is 17.0. The standard InChI is InChI=1S/C20H20ClN7.ClH/c21-15-9-5-4-8-14(15)12-10-16-18(17(11-12)26-28-20(22)23)19(27-25-16)24-13-6-2-1-3-7-13;/h1-9,12H,10-11H2,(H4,22,23,28)(H2,24,25,27);1H. The second-order valence-electron chi connectivity index (χ2n) is 6.63. The summed E-state index contributed by atoms with van der Waals surface area (Å²) in [6.07, 6.45) is 1.42. The Balaban J connectivity index is 0.00000240. The predicted octanol–water partition coefficient (Wildman–Crippen LogP) is 4.15. The first-order valence-corrected chi connectivity index (χ1v) is 9.30. The van der Waals surface area contributed by atoms with Crippen molar-refractivity contribution in [1.82, 2.24) is 15.6 Å². The number of guanidine groups is 1. The zero-order chi connectivity index (χ0) is 19.5. The fraction of sp³-hybridized carbons (Fsp3) is 0.150. The van der Waals surface area contributed by atoms with Gasteiger partial charge in [-0.15, -0.1) is 12.4 Å². The van der Waals surface area contributed by atoms with Gasteiger partial charge in [-0.05, 0) is 42.5 Å². The number of halogens is 2. The zero-order valence-electron chi connectivity index (χ0n) is 15.4. The van der Waals surface area contributed by atoms with Crippen molar-refractivity contribution >= 4 is 47.2 Å². The molecule has 4 rings (SSSR count). The van der Waals surface area contributed by atoms with Crippen LogP contribution in [-0.2, 0) is 6.42 Å². The molecule has 0 aliphatic heterocycles. The topological polar surface area (TPSA) is 115 Å². The van der Waals surface area contributed by atoms with E-state index in [-0.39, 0.29) is 24.3 Å². The molecule has 1 aliphatic rings. The molecule has 3 aromatic rings. The third-order valence-corrected chi connectivity index (χ3v) is 5.06. The lowest BCUT2D eigenvalue weighted by Crippen LogP contribution is -2.29. The maximum atomic E-state index is 7.44. The number of aromatic nitrogens is 2. The van der Waals surface area contributed by atoms with Gasteiger partial charge in [-0.25, -0.2) is 5.43 Å². The summed E-state index contributed by atoms with van der Waals surface area (Å²) in [5, 5.41) is 23.5. The van der Waals surface area contributed by atoms with Crippen LogP contribution in [0.15, 0.2) is 59.7 Å². The number of benzene rings is 2. The van der Waals surface area contributed by atoms with Crippen molar-refractivity contribution < 1.29 is 0 Å². The Morgan fingerprint density at radius 1 is 1.14 bits per heavy atom. The number of anilines is 2. The SMILES string of the molecule is Cl.N=C(N)NN=C1CC(c2ccccc2Cl)Cc2[nH]nc(Nc3ccccc3)c21. The average molecular weight is 430 g/mol. The van der Waals surface area contributed by atoms with Crippen LogP contribution in [0.3, 0.4) is 0 Å². The molecule has 0 bridgehead atoms. The molecule has 9 heteroatoms. The van der Waals surface area contributed by atoms with Gasteiger partial charge >= 0.3 is 0 Å². The van der Waals surface area contributed by atoms with E-state index < -0.39 is 0 Å². The summed E-state index contributed by atoms with van der Waals surface area (Å²) >= 11 is 6.42. The van der Waals surface area contributed by atoms with E-state index in [0.717, 1.165) is 39.7 Å². The Bertz CT molecular complexity index is 1030. The van der Waals surface area contributed by atoms with Crippen molar-refractivity contribution in [1.29, 1.82) is 5.41 Å². The number of para-hydroxylation sites is 1. The monoisotopic (exact) mass is 429 g/mol. The first-order valence-electron chi connectivity index (χ1n) is 8.92. The average Bonchev–Trinajstić information content (AvgIpc) is 3.10. The Labute approximate surface area is 179 Å². The second-order valence-corrected chi connectivity index (χ2v) is 7.03. The maximum absolute atomic E-state index is 7.44. The van der Waals surface area contributed by atoms with Crippen molar-refractivity contribution in [3.8, 4) is 0 Å². The number of hydrogen-bond donors (Lipinski definition) is 5. The Kier molecular flexibility index (Phi) is 6.41. The summed E-state index contributed by atoms with van der Waals surface area (Å²) in [7, 11) is 0. The van der Waals surface area contributed by atoms with Crippen molar-refractivity contribution in [2.45, 2.75) is 18.8 Å². The maximum Gasteiger partial charge on any atom is 0.206 e. The van der Waals surface area contributed by atoms with Gasteiger partial charge in [0.25, 0.3) is 0 Å². The molecule has 1 atom stereocenters. The lowest BCUT2D eigenvalue weighted by Gasteiger charge is -2.25. The minimum atomic E-state index is -0.213. The van der Waals surface area contributed by atoms with Gasteiger partial charge in [0.1, 0.15) is 0 Å². The van der Waals surface area contributed by atoms with Crippen molar-refractivity contribution in [2.75, 3.05) is 5.32 Å². The molecule has 7 nitrogen and oxygen atoms in total. The molecule has 0 fully saturated rings. The molecule has 1 aliphatic carbocycles. The Morgan fingerprint density at radius 2 is 1.86 bits per heavy atom. The molecule has 1 aromatic heterocycles. The van der Waals surface area contributed by atoms with Crippen LogP contribution < -0.4 is 16.5 Å². The lowest BCUT2D eigenvalue weighted by atomic mass is 9.81. The molecule has 1 heterocycles. The van der Waals surface area contributed by atoms with E-state index >= 15 is 0 Å².